The summed E-state index contributed by atoms with van der Waals surface area (Å²) < 4.78 is 44.5. The minimum Gasteiger partial charge on any atom is -0.494 e. The summed E-state index contributed by atoms with van der Waals surface area (Å²) in [4.78, 5) is -0.0269. The standard InChI is InChI=1S/C23H30O5S2/c1-3-17-7-10-23(30(24,25)26)19(14-17)11-12-27-16-22-21-9-8-20(28-4-2)15-18(21)6-5-13-29-22/h7-10,14-15,22H,3-6,11-13,16H2,1-2H3,(H,24,25,26). The maximum atomic E-state index is 11.7. The Hall–Kier alpha value is -1.54. The van der Waals surface area contributed by atoms with Gasteiger partial charge in [-0.25, -0.2) is 0 Å². The van der Waals surface area contributed by atoms with Gasteiger partial charge in [0.15, 0.2) is 0 Å². The molecule has 0 fully saturated rings. The van der Waals surface area contributed by atoms with Gasteiger partial charge in [0.2, 0.25) is 0 Å². The van der Waals surface area contributed by atoms with Crippen LogP contribution in [0.15, 0.2) is 41.3 Å². The van der Waals surface area contributed by atoms with Gasteiger partial charge in [-0.1, -0.05) is 25.1 Å². The molecule has 1 unspecified atom stereocenters. The second kappa shape index (κ2) is 10.7. The molecule has 0 saturated heterocycles. The zero-order valence-electron chi connectivity index (χ0n) is 17.6. The summed E-state index contributed by atoms with van der Waals surface area (Å²) in [6.07, 6.45) is 3.42. The molecular weight excluding hydrogens is 420 g/mol. The van der Waals surface area contributed by atoms with Gasteiger partial charge in [-0.3, -0.25) is 4.55 Å². The zero-order valence-corrected chi connectivity index (χ0v) is 19.2. The quantitative estimate of drug-likeness (QED) is 0.434. The SMILES string of the molecule is CCOc1ccc2c(c1)CCCSC2COCCc1cc(CC)ccc1S(=O)(=O)O. The van der Waals surface area contributed by atoms with Crippen molar-refractivity contribution < 1.29 is 22.4 Å². The van der Waals surface area contributed by atoms with E-state index >= 15 is 0 Å². The first-order chi connectivity index (χ1) is 14.4. The molecule has 0 bridgehead atoms. The number of rotatable bonds is 9. The number of fused-ring (bicyclic) bond motifs is 1. The van der Waals surface area contributed by atoms with E-state index in [1.54, 1.807) is 6.07 Å². The lowest BCUT2D eigenvalue weighted by Crippen LogP contribution is -2.11. The molecule has 1 aliphatic heterocycles. The van der Waals surface area contributed by atoms with Gasteiger partial charge in [0.25, 0.3) is 10.1 Å². The molecule has 0 aliphatic carbocycles. The van der Waals surface area contributed by atoms with Gasteiger partial charge < -0.3 is 9.47 Å². The van der Waals surface area contributed by atoms with Crippen molar-refractivity contribution in [2.24, 2.45) is 0 Å². The Labute approximate surface area is 183 Å². The highest BCUT2D eigenvalue weighted by molar-refractivity contribution is 7.99. The van der Waals surface area contributed by atoms with Gasteiger partial charge in [-0.2, -0.15) is 20.2 Å². The summed E-state index contributed by atoms with van der Waals surface area (Å²) in [5.41, 5.74) is 4.26. The summed E-state index contributed by atoms with van der Waals surface area (Å²) in [7, 11) is -4.24. The first-order valence-electron chi connectivity index (χ1n) is 10.5. The van der Waals surface area contributed by atoms with Crippen LogP contribution in [0.25, 0.3) is 0 Å². The van der Waals surface area contributed by atoms with Crippen molar-refractivity contribution in [1.29, 1.82) is 0 Å². The first kappa shape index (κ1) is 23.1. The topological polar surface area (TPSA) is 72.8 Å². The summed E-state index contributed by atoms with van der Waals surface area (Å²) in [6.45, 7) is 5.63. The van der Waals surface area contributed by atoms with Crippen LogP contribution in [0.2, 0.25) is 0 Å². The van der Waals surface area contributed by atoms with Crippen LogP contribution in [0.5, 0.6) is 5.75 Å². The Kier molecular flexibility index (Phi) is 8.22. The maximum absolute atomic E-state index is 11.7. The summed E-state index contributed by atoms with van der Waals surface area (Å²) >= 11 is 1.90. The van der Waals surface area contributed by atoms with E-state index in [2.05, 4.69) is 12.1 Å². The Bertz CT molecular complexity index is 956. The molecule has 30 heavy (non-hydrogen) atoms. The molecule has 1 N–H and O–H groups in total. The third kappa shape index (κ3) is 6.00. The molecule has 2 aromatic rings. The molecule has 164 valence electrons. The number of hydrogen-bond acceptors (Lipinski definition) is 5. The van der Waals surface area contributed by atoms with Gasteiger partial charge in [-0.15, -0.1) is 0 Å². The van der Waals surface area contributed by atoms with Crippen LogP contribution < -0.4 is 4.74 Å². The summed E-state index contributed by atoms with van der Waals surface area (Å²) in [5.74, 6) is 1.99. The van der Waals surface area contributed by atoms with Crippen molar-refractivity contribution in [3.05, 3.63) is 58.7 Å². The Morgan fingerprint density at radius 2 is 2.00 bits per heavy atom. The van der Waals surface area contributed by atoms with Crippen molar-refractivity contribution in [3.63, 3.8) is 0 Å². The van der Waals surface area contributed by atoms with Crippen LogP contribution in [0, 0.1) is 0 Å². The van der Waals surface area contributed by atoms with Gasteiger partial charge in [0, 0.05) is 0 Å². The molecule has 7 heteroatoms. The predicted molar refractivity (Wildman–Crippen MR) is 121 cm³/mol. The molecule has 1 heterocycles. The molecule has 3 rings (SSSR count). The number of hydrogen-bond donors (Lipinski definition) is 1. The van der Waals surface area contributed by atoms with Gasteiger partial charge >= 0.3 is 0 Å². The van der Waals surface area contributed by atoms with E-state index in [9.17, 15) is 13.0 Å². The number of ether oxygens (including phenoxy) is 2. The monoisotopic (exact) mass is 450 g/mol. The van der Waals surface area contributed by atoms with E-state index in [0.717, 1.165) is 36.3 Å². The normalized spacial score (nSPS) is 16.7. The van der Waals surface area contributed by atoms with Gasteiger partial charge in [0.05, 0.1) is 30.0 Å². The highest BCUT2D eigenvalue weighted by atomic mass is 32.2. The van der Waals surface area contributed by atoms with E-state index in [1.165, 1.54) is 17.2 Å². The molecular formula is C23H30O5S2. The smallest absolute Gasteiger partial charge is 0.294 e. The highest BCUT2D eigenvalue weighted by Gasteiger charge is 2.21. The Balaban J connectivity index is 1.65. The van der Waals surface area contributed by atoms with Crippen LogP contribution in [0.1, 0.15) is 47.8 Å². The lowest BCUT2D eigenvalue weighted by atomic mass is 10.0. The lowest BCUT2D eigenvalue weighted by molar-refractivity contribution is 0.138. The van der Waals surface area contributed by atoms with E-state index in [0.29, 0.717) is 31.8 Å². The lowest BCUT2D eigenvalue weighted by Gasteiger charge is -2.18. The molecule has 0 aromatic heterocycles. The third-order valence-electron chi connectivity index (χ3n) is 5.28. The second-order valence-corrected chi connectivity index (χ2v) is 10.1. The molecule has 0 amide bonds. The van der Waals surface area contributed by atoms with E-state index in [1.807, 2.05) is 37.7 Å². The highest BCUT2D eigenvalue weighted by Crippen LogP contribution is 2.37. The third-order valence-corrected chi connectivity index (χ3v) is 7.55. The van der Waals surface area contributed by atoms with Crippen molar-refractivity contribution >= 4 is 21.9 Å². The van der Waals surface area contributed by atoms with Crippen molar-refractivity contribution in [2.75, 3.05) is 25.6 Å². The molecule has 0 saturated carbocycles. The predicted octanol–water partition coefficient (Wildman–Crippen LogP) is 4.87. The fourth-order valence-corrected chi connectivity index (χ4v) is 5.69. The second-order valence-electron chi connectivity index (χ2n) is 7.35. The number of benzene rings is 2. The largest absolute Gasteiger partial charge is 0.494 e. The Morgan fingerprint density at radius 1 is 1.17 bits per heavy atom. The van der Waals surface area contributed by atoms with Crippen LogP contribution in [0.3, 0.4) is 0 Å². The average molecular weight is 451 g/mol. The minimum absolute atomic E-state index is 0.0269. The Morgan fingerprint density at radius 3 is 2.73 bits per heavy atom. The maximum Gasteiger partial charge on any atom is 0.294 e. The first-order valence-corrected chi connectivity index (χ1v) is 13.0. The fraction of sp³-hybridized carbons (Fsp3) is 0.478. The van der Waals surface area contributed by atoms with E-state index < -0.39 is 10.1 Å². The number of aryl methyl sites for hydroxylation is 2. The van der Waals surface area contributed by atoms with Crippen LogP contribution in [0.4, 0.5) is 0 Å². The van der Waals surface area contributed by atoms with E-state index in [4.69, 9.17) is 9.47 Å². The molecule has 1 aliphatic rings. The van der Waals surface area contributed by atoms with Gasteiger partial charge in [0.1, 0.15) is 5.75 Å². The van der Waals surface area contributed by atoms with Crippen LogP contribution >= 0.6 is 11.8 Å². The van der Waals surface area contributed by atoms with Crippen LogP contribution in [-0.2, 0) is 34.1 Å². The van der Waals surface area contributed by atoms with Gasteiger partial charge in [-0.05, 0) is 78.8 Å². The molecule has 0 spiro atoms. The fourth-order valence-electron chi connectivity index (χ4n) is 3.76. The summed E-state index contributed by atoms with van der Waals surface area (Å²) in [6, 6.07) is 11.4. The average Bonchev–Trinajstić information content (AvgIpc) is 2.92. The molecule has 1 atom stereocenters. The van der Waals surface area contributed by atoms with Crippen molar-refractivity contribution in [2.45, 2.75) is 49.7 Å². The number of thioether (sulfide) groups is 1. The molecule has 0 radical (unpaired) electrons. The van der Waals surface area contributed by atoms with Crippen molar-refractivity contribution in [1.82, 2.24) is 0 Å². The minimum atomic E-state index is -4.24. The van der Waals surface area contributed by atoms with Crippen molar-refractivity contribution in [3.8, 4) is 5.75 Å². The zero-order chi connectivity index (χ0) is 21.6. The molecule has 5 nitrogen and oxygen atoms in total. The van der Waals surface area contributed by atoms with Crippen LogP contribution in [-0.4, -0.2) is 38.5 Å². The van der Waals surface area contributed by atoms with E-state index in [-0.39, 0.29) is 10.1 Å². The molecule has 2 aromatic carbocycles. The summed E-state index contributed by atoms with van der Waals surface area (Å²) in [5, 5.41) is 0.251.